The maximum Gasteiger partial charge on any atom is 0.227 e. The predicted octanol–water partition coefficient (Wildman–Crippen LogP) is 2.87. The fourth-order valence-electron chi connectivity index (χ4n) is 2.57. The molecule has 3 rings (SSSR count). The molecule has 1 fully saturated rings. The highest BCUT2D eigenvalue weighted by Crippen LogP contribution is 2.28. The predicted molar refractivity (Wildman–Crippen MR) is 79.6 cm³/mol. The fraction of sp³-hybridized carbons (Fsp3) is 0.467. The van der Waals surface area contributed by atoms with E-state index in [1.54, 1.807) is 12.4 Å². The zero-order chi connectivity index (χ0) is 13.9. The highest BCUT2D eigenvalue weighted by molar-refractivity contribution is 5.69. The molecule has 106 valence electrons. The van der Waals surface area contributed by atoms with Crippen molar-refractivity contribution in [2.75, 3.05) is 23.7 Å². The topological polar surface area (TPSA) is 68.2 Å². The van der Waals surface area contributed by atoms with Crippen LogP contribution in [0.3, 0.4) is 0 Å². The first-order chi connectivity index (χ1) is 9.78. The van der Waals surface area contributed by atoms with Gasteiger partial charge in [0.2, 0.25) is 5.89 Å². The van der Waals surface area contributed by atoms with Crippen LogP contribution >= 0.6 is 0 Å². The van der Waals surface area contributed by atoms with Crippen LogP contribution in [0.4, 0.5) is 11.5 Å². The second-order valence-electron chi connectivity index (χ2n) is 5.17. The number of rotatable bonds is 3. The number of oxazole rings is 1. The van der Waals surface area contributed by atoms with Gasteiger partial charge in [0.05, 0.1) is 17.4 Å². The number of anilines is 2. The molecule has 1 saturated heterocycles. The molecule has 2 aromatic rings. The molecule has 0 aliphatic carbocycles. The summed E-state index contributed by atoms with van der Waals surface area (Å²) in [7, 11) is 0. The van der Waals surface area contributed by atoms with Gasteiger partial charge in [-0.2, -0.15) is 0 Å². The highest BCUT2D eigenvalue weighted by Gasteiger charge is 2.16. The number of hydrogen-bond acceptors (Lipinski definition) is 5. The lowest BCUT2D eigenvalue weighted by Gasteiger charge is -2.28. The van der Waals surface area contributed by atoms with Crippen LogP contribution in [0.2, 0.25) is 0 Å². The van der Waals surface area contributed by atoms with Crippen LogP contribution in [0.1, 0.15) is 31.9 Å². The Bertz CT molecular complexity index is 587. The lowest BCUT2D eigenvalue weighted by molar-refractivity contribution is 0.524. The minimum Gasteiger partial charge on any atom is -0.441 e. The van der Waals surface area contributed by atoms with E-state index >= 15 is 0 Å². The first kappa shape index (κ1) is 13.0. The Labute approximate surface area is 118 Å². The summed E-state index contributed by atoms with van der Waals surface area (Å²) in [6, 6.07) is 1.90. The molecule has 3 heterocycles. The number of piperidine rings is 1. The molecular formula is C15H20N4O. The van der Waals surface area contributed by atoms with Crippen LogP contribution < -0.4 is 10.6 Å². The molecule has 0 amide bonds. The Morgan fingerprint density at radius 2 is 2.00 bits per heavy atom. The van der Waals surface area contributed by atoms with Crippen LogP contribution in [0.5, 0.6) is 0 Å². The molecule has 0 unspecified atom stereocenters. The number of hydrogen-bond donors (Lipinski definition) is 1. The Morgan fingerprint density at radius 1 is 1.20 bits per heavy atom. The van der Waals surface area contributed by atoms with E-state index < -0.39 is 0 Å². The lowest BCUT2D eigenvalue weighted by atomic mass is 10.1. The van der Waals surface area contributed by atoms with Crippen molar-refractivity contribution in [1.82, 2.24) is 9.97 Å². The van der Waals surface area contributed by atoms with Crippen molar-refractivity contribution in [3.8, 4) is 11.5 Å². The van der Waals surface area contributed by atoms with E-state index in [1.165, 1.54) is 19.3 Å². The maximum atomic E-state index is 6.16. The molecule has 1 aliphatic rings. The molecule has 0 saturated carbocycles. The van der Waals surface area contributed by atoms with Crippen LogP contribution in [0, 0.1) is 0 Å². The number of aromatic nitrogens is 2. The molecule has 2 aromatic heterocycles. The summed E-state index contributed by atoms with van der Waals surface area (Å²) in [5.41, 5.74) is 7.69. The minimum absolute atomic E-state index is 0.589. The second kappa shape index (κ2) is 5.53. The molecule has 0 atom stereocenters. The van der Waals surface area contributed by atoms with Gasteiger partial charge in [-0.25, -0.2) is 9.97 Å². The largest absolute Gasteiger partial charge is 0.441 e. The fourth-order valence-corrected chi connectivity index (χ4v) is 2.57. The van der Waals surface area contributed by atoms with Crippen LogP contribution in [0.15, 0.2) is 22.9 Å². The Hall–Kier alpha value is -2.04. The molecule has 0 aromatic carbocycles. The third kappa shape index (κ3) is 2.48. The zero-order valence-electron chi connectivity index (χ0n) is 11.8. The summed E-state index contributed by atoms with van der Waals surface area (Å²) in [5, 5.41) is 0. The molecule has 20 heavy (non-hydrogen) atoms. The van der Waals surface area contributed by atoms with Crippen molar-refractivity contribution in [2.45, 2.75) is 32.6 Å². The van der Waals surface area contributed by atoms with E-state index in [0.29, 0.717) is 11.6 Å². The lowest BCUT2D eigenvalue weighted by Crippen LogP contribution is -2.30. The average Bonchev–Trinajstić information content (AvgIpc) is 2.97. The number of aryl methyl sites for hydroxylation is 1. The quantitative estimate of drug-likeness (QED) is 0.930. The summed E-state index contributed by atoms with van der Waals surface area (Å²) < 4.78 is 5.64. The summed E-state index contributed by atoms with van der Waals surface area (Å²) >= 11 is 0. The summed E-state index contributed by atoms with van der Waals surface area (Å²) in [5.74, 6) is 2.35. The van der Waals surface area contributed by atoms with Gasteiger partial charge < -0.3 is 15.1 Å². The molecule has 1 aliphatic heterocycles. The van der Waals surface area contributed by atoms with Gasteiger partial charge in [-0.05, 0) is 25.3 Å². The van der Waals surface area contributed by atoms with Crippen molar-refractivity contribution in [3.05, 3.63) is 24.2 Å². The Balaban J connectivity index is 1.86. The molecule has 0 radical (unpaired) electrons. The van der Waals surface area contributed by atoms with Crippen LogP contribution in [0.25, 0.3) is 11.5 Å². The third-order valence-corrected chi connectivity index (χ3v) is 3.70. The second-order valence-corrected chi connectivity index (χ2v) is 5.17. The number of pyridine rings is 1. The van der Waals surface area contributed by atoms with Crippen molar-refractivity contribution in [3.63, 3.8) is 0 Å². The Morgan fingerprint density at radius 3 is 2.65 bits per heavy atom. The highest BCUT2D eigenvalue weighted by atomic mass is 16.4. The summed E-state index contributed by atoms with van der Waals surface area (Å²) in [4.78, 5) is 11.0. The van der Waals surface area contributed by atoms with Gasteiger partial charge in [0.1, 0.15) is 5.76 Å². The Kier molecular flexibility index (Phi) is 3.58. The summed E-state index contributed by atoms with van der Waals surface area (Å²) in [6.45, 7) is 4.11. The monoisotopic (exact) mass is 272 g/mol. The van der Waals surface area contributed by atoms with Crippen LogP contribution in [-0.4, -0.2) is 23.1 Å². The van der Waals surface area contributed by atoms with Gasteiger partial charge in [0.25, 0.3) is 0 Å². The first-order valence-electron chi connectivity index (χ1n) is 7.23. The van der Waals surface area contributed by atoms with E-state index in [9.17, 15) is 0 Å². The standard InChI is InChI=1S/C15H20N4O/c1-2-12-10-18-15(20-12)11-8-13(16)14(17-9-11)19-6-4-3-5-7-19/h8-10H,2-7,16H2,1H3. The molecular weight excluding hydrogens is 252 g/mol. The van der Waals surface area contributed by atoms with Crippen LogP contribution in [-0.2, 0) is 6.42 Å². The smallest absolute Gasteiger partial charge is 0.227 e. The first-order valence-corrected chi connectivity index (χ1v) is 7.23. The van der Waals surface area contributed by atoms with Gasteiger partial charge in [-0.15, -0.1) is 0 Å². The van der Waals surface area contributed by atoms with Crippen molar-refractivity contribution >= 4 is 11.5 Å². The van der Waals surface area contributed by atoms with E-state index in [1.807, 2.05) is 13.0 Å². The van der Waals surface area contributed by atoms with E-state index in [4.69, 9.17) is 10.2 Å². The zero-order valence-corrected chi connectivity index (χ0v) is 11.8. The molecule has 5 heteroatoms. The van der Waals surface area contributed by atoms with E-state index in [0.717, 1.165) is 36.7 Å². The third-order valence-electron chi connectivity index (χ3n) is 3.70. The molecule has 2 N–H and O–H groups in total. The van der Waals surface area contributed by atoms with Crippen molar-refractivity contribution in [2.24, 2.45) is 0 Å². The number of nitrogens with two attached hydrogens (primary N) is 1. The van der Waals surface area contributed by atoms with Gasteiger partial charge in [0, 0.05) is 25.7 Å². The molecule has 0 spiro atoms. The normalized spacial score (nSPS) is 15.6. The molecule has 0 bridgehead atoms. The van der Waals surface area contributed by atoms with E-state index in [2.05, 4.69) is 14.9 Å². The van der Waals surface area contributed by atoms with Gasteiger partial charge in [-0.1, -0.05) is 6.92 Å². The SMILES string of the molecule is CCc1cnc(-c2cnc(N3CCCCC3)c(N)c2)o1. The average molecular weight is 272 g/mol. The van der Waals surface area contributed by atoms with Gasteiger partial charge >= 0.3 is 0 Å². The van der Waals surface area contributed by atoms with Crippen molar-refractivity contribution < 1.29 is 4.42 Å². The maximum absolute atomic E-state index is 6.16. The molecule has 5 nitrogen and oxygen atoms in total. The number of nitrogens with zero attached hydrogens (tertiary/aromatic N) is 3. The van der Waals surface area contributed by atoms with Crippen molar-refractivity contribution in [1.29, 1.82) is 0 Å². The minimum atomic E-state index is 0.589. The van der Waals surface area contributed by atoms with Gasteiger partial charge in [0.15, 0.2) is 5.82 Å². The van der Waals surface area contributed by atoms with E-state index in [-0.39, 0.29) is 0 Å². The number of nitrogen functional groups attached to an aromatic ring is 1. The van der Waals surface area contributed by atoms with Gasteiger partial charge in [-0.3, -0.25) is 0 Å². The summed E-state index contributed by atoms with van der Waals surface area (Å²) in [6.07, 6.45) is 8.10.